The number of anilines is 1. The molecule has 0 fully saturated rings. The van der Waals surface area contributed by atoms with E-state index in [1.807, 2.05) is 0 Å². The molecular weight excluding hydrogens is 428 g/mol. The summed E-state index contributed by atoms with van der Waals surface area (Å²) in [6.07, 6.45) is 2.72. The molecule has 2 heterocycles. The molecule has 1 atom stereocenters. The Kier molecular flexibility index (Phi) is 5.37. The van der Waals surface area contributed by atoms with E-state index in [9.17, 15) is 19.9 Å². The summed E-state index contributed by atoms with van der Waals surface area (Å²) in [5.74, 6) is -2.28. The molecule has 1 unspecified atom stereocenters. The molecule has 0 spiro atoms. The Hall–Kier alpha value is -3.45. The highest BCUT2D eigenvalue weighted by atomic mass is 32.2. The molecule has 11 nitrogen and oxygen atoms in total. The van der Waals surface area contributed by atoms with Crippen molar-refractivity contribution < 1.29 is 33.9 Å². The third kappa shape index (κ3) is 3.61. The van der Waals surface area contributed by atoms with Crippen LogP contribution in [0.15, 0.2) is 58.2 Å². The first-order valence-electron chi connectivity index (χ1n) is 8.84. The van der Waals surface area contributed by atoms with Crippen molar-refractivity contribution in [3.05, 3.63) is 54.4 Å². The Morgan fingerprint density at radius 2 is 1.87 bits per heavy atom. The van der Waals surface area contributed by atoms with Gasteiger partial charge in [0.2, 0.25) is 5.82 Å². The molecular formula is C19H18N4O7S. The van der Waals surface area contributed by atoms with Crippen LogP contribution in [0, 0.1) is 0 Å². The summed E-state index contributed by atoms with van der Waals surface area (Å²) in [5.41, 5.74) is -0.0856. The Bertz CT molecular complexity index is 1190. The lowest BCUT2D eigenvalue weighted by molar-refractivity contribution is -0.200. The predicted molar refractivity (Wildman–Crippen MR) is 109 cm³/mol. The van der Waals surface area contributed by atoms with E-state index < -0.39 is 17.3 Å². The maximum absolute atomic E-state index is 13.0. The van der Waals surface area contributed by atoms with Gasteiger partial charge in [0.1, 0.15) is 22.5 Å². The van der Waals surface area contributed by atoms with E-state index in [1.54, 1.807) is 18.2 Å². The lowest BCUT2D eigenvalue weighted by atomic mass is 10.1. The van der Waals surface area contributed by atoms with E-state index >= 15 is 0 Å². The summed E-state index contributed by atoms with van der Waals surface area (Å²) in [5, 5.41) is 39.1. The fraction of sp³-hybridized carbons (Fsp3) is 0.158. The van der Waals surface area contributed by atoms with Crippen LogP contribution >= 0.6 is 0 Å². The van der Waals surface area contributed by atoms with Crippen LogP contribution in [-0.4, -0.2) is 49.0 Å². The Morgan fingerprint density at radius 3 is 2.48 bits per heavy atom. The molecule has 0 saturated heterocycles. The summed E-state index contributed by atoms with van der Waals surface area (Å²) in [6.45, 7) is 0. The summed E-state index contributed by atoms with van der Waals surface area (Å²) < 4.78 is 32.3. The van der Waals surface area contributed by atoms with Gasteiger partial charge in [0.15, 0.2) is 17.1 Å². The molecule has 4 rings (SSSR count). The molecule has 0 bridgehead atoms. The van der Waals surface area contributed by atoms with Crippen LogP contribution in [0.5, 0.6) is 17.2 Å². The first kappa shape index (κ1) is 20.8. The van der Waals surface area contributed by atoms with Gasteiger partial charge in [-0.25, -0.2) is 4.68 Å². The van der Waals surface area contributed by atoms with E-state index in [1.165, 1.54) is 38.7 Å². The van der Waals surface area contributed by atoms with E-state index in [2.05, 4.69) is 15.0 Å². The molecule has 4 N–H and O–H groups in total. The zero-order valence-corrected chi connectivity index (χ0v) is 17.2. The lowest BCUT2D eigenvalue weighted by Gasteiger charge is -2.22. The average Bonchev–Trinajstić information content (AvgIpc) is 3.44. The molecule has 2 aromatic heterocycles. The van der Waals surface area contributed by atoms with Gasteiger partial charge in [0, 0.05) is 18.0 Å². The second-order valence-electron chi connectivity index (χ2n) is 6.35. The van der Waals surface area contributed by atoms with Crippen LogP contribution < -0.4 is 14.2 Å². The second-order valence-corrected chi connectivity index (χ2v) is 7.50. The largest absolute Gasteiger partial charge is 0.588 e. The summed E-state index contributed by atoms with van der Waals surface area (Å²) in [6, 6.07) is 8.85. The molecule has 31 heavy (non-hydrogen) atoms. The van der Waals surface area contributed by atoms with Crippen LogP contribution in [0.25, 0.3) is 11.0 Å². The van der Waals surface area contributed by atoms with E-state index in [-0.39, 0.29) is 33.0 Å². The van der Waals surface area contributed by atoms with Gasteiger partial charge in [-0.3, -0.25) is 0 Å². The Labute approximate surface area is 178 Å². The van der Waals surface area contributed by atoms with Crippen LogP contribution in [0.4, 0.5) is 5.82 Å². The van der Waals surface area contributed by atoms with Crippen molar-refractivity contribution in [1.82, 2.24) is 14.9 Å². The molecule has 0 aliphatic heterocycles. The highest BCUT2D eigenvalue weighted by molar-refractivity contribution is 7.93. The van der Waals surface area contributed by atoms with Gasteiger partial charge in [-0.05, 0) is 30.3 Å². The summed E-state index contributed by atoms with van der Waals surface area (Å²) >= 11 is -1.89. The SMILES string of the molecule is COc1cccc(OC)c1[S+]([O-])Nc1noc2cc(C(O)(O)n3cccn3)cc(O)c12. The van der Waals surface area contributed by atoms with Crippen molar-refractivity contribution in [3.8, 4) is 17.2 Å². The maximum atomic E-state index is 13.0. The number of aliphatic hydroxyl groups is 2. The van der Waals surface area contributed by atoms with Crippen LogP contribution in [0.2, 0.25) is 0 Å². The number of phenols is 1. The molecule has 0 aliphatic rings. The van der Waals surface area contributed by atoms with Crippen molar-refractivity contribution in [3.63, 3.8) is 0 Å². The quantitative estimate of drug-likeness (QED) is 0.242. The topological polar surface area (TPSA) is 158 Å². The highest BCUT2D eigenvalue weighted by Crippen LogP contribution is 2.38. The van der Waals surface area contributed by atoms with Crippen molar-refractivity contribution in [2.45, 2.75) is 10.8 Å². The molecule has 0 amide bonds. The van der Waals surface area contributed by atoms with Gasteiger partial charge in [0.05, 0.1) is 14.2 Å². The number of ether oxygens (including phenoxy) is 2. The van der Waals surface area contributed by atoms with E-state index in [4.69, 9.17) is 14.0 Å². The van der Waals surface area contributed by atoms with Crippen LogP contribution in [0.3, 0.4) is 0 Å². The first-order chi connectivity index (χ1) is 14.9. The van der Waals surface area contributed by atoms with Gasteiger partial charge < -0.3 is 33.9 Å². The number of aromatic nitrogens is 3. The van der Waals surface area contributed by atoms with Crippen LogP contribution in [0.1, 0.15) is 5.56 Å². The number of nitrogens with one attached hydrogen (secondary N) is 1. The fourth-order valence-corrected chi connectivity index (χ4v) is 4.12. The molecule has 0 saturated carbocycles. The van der Waals surface area contributed by atoms with E-state index in [0.29, 0.717) is 11.5 Å². The van der Waals surface area contributed by atoms with Crippen LogP contribution in [-0.2, 0) is 17.3 Å². The summed E-state index contributed by atoms with van der Waals surface area (Å²) in [4.78, 5) is 0.239. The lowest BCUT2D eigenvalue weighted by Crippen LogP contribution is -2.34. The molecule has 2 aromatic carbocycles. The minimum atomic E-state index is -2.54. The Balaban J connectivity index is 1.71. The molecule has 162 valence electrons. The van der Waals surface area contributed by atoms with Crippen molar-refractivity contribution in [2.75, 3.05) is 18.9 Å². The number of hydrogen-bond acceptors (Lipinski definition) is 10. The Morgan fingerprint density at radius 1 is 1.16 bits per heavy atom. The van der Waals surface area contributed by atoms with Gasteiger partial charge in [0.25, 0.3) is 10.8 Å². The number of nitrogens with zero attached hydrogens (tertiary/aromatic N) is 3. The van der Waals surface area contributed by atoms with Crippen molar-refractivity contribution >= 4 is 28.1 Å². The van der Waals surface area contributed by atoms with Gasteiger partial charge in [-0.2, -0.15) is 9.82 Å². The van der Waals surface area contributed by atoms with Gasteiger partial charge in [-0.15, -0.1) is 0 Å². The van der Waals surface area contributed by atoms with Gasteiger partial charge in [-0.1, -0.05) is 11.2 Å². The summed E-state index contributed by atoms with van der Waals surface area (Å²) in [7, 11) is 2.87. The number of phenolic OH excluding ortho intramolecular Hbond substituents is 1. The number of methoxy groups -OCH3 is 2. The number of rotatable bonds is 7. The maximum Gasteiger partial charge on any atom is 0.294 e. The zero-order valence-electron chi connectivity index (χ0n) is 16.3. The minimum absolute atomic E-state index is 0.0223. The highest BCUT2D eigenvalue weighted by Gasteiger charge is 2.32. The second kappa shape index (κ2) is 8.00. The first-order valence-corrected chi connectivity index (χ1v) is 9.99. The number of aromatic hydroxyl groups is 1. The average molecular weight is 446 g/mol. The molecule has 0 radical (unpaired) electrons. The molecule has 12 heteroatoms. The minimum Gasteiger partial charge on any atom is -0.588 e. The zero-order chi connectivity index (χ0) is 22.2. The molecule has 0 aliphatic carbocycles. The standard InChI is InChI=1S/C19H18N4O7S/c1-28-13-5-3-6-14(29-2)17(13)31(27)22-18-16-12(24)9-11(10-15(16)30-21-18)19(25,26)23-8-4-7-20-23/h3-10,24-26H,1-2H3,(H,21,22). The van der Waals surface area contributed by atoms with Gasteiger partial charge >= 0.3 is 0 Å². The van der Waals surface area contributed by atoms with Crippen molar-refractivity contribution in [2.24, 2.45) is 0 Å². The molecule has 4 aromatic rings. The van der Waals surface area contributed by atoms with Crippen molar-refractivity contribution in [1.29, 1.82) is 0 Å². The monoisotopic (exact) mass is 446 g/mol. The predicted octanol–water partition coefficient (Wildman–Crippen LogP) is 1.52. The third-order valence-electron chi connectivity index (χ3n) is 4.52. The normalized spacial score (nSPS) is 12.7. The number of hydrogen-bond donors (Lipinski definition) is 4. The fourth-order valence-electron chi connectivity index (χ4n) is 3.04. The number of fused-ring (bicyclic) bond motifs is 1. The third-order valence-corrected chi connectivity index (χ3v) is 5.67. The number of benzene rings is 2. The smallest absolute Gasteiger partial charge is 0.294 e. The van der Waals surface area contributed by atoms with E-state index in [0.717, 1.165) is 10.7 Å².